The molecule has 0 unspecified atom stereocenters. The molecule has 8 heteroatoms. The van der Waals surface area contributed by atoms with Crippen LogP contribution < -0.4 is 5.32 Å². The van der Waals surface area contributed by atoms with Gasteiger partial charge in [0.25, 0.3) is 5.91 Å². The van der Waals surface area contributed by atoms with Crippen LogP contribution in [0.25, 0.3) is 0 Å². The van der Waals surface area contributed by atoms with Gasteiger partial charge in [0.2, 0.25) is 0 Å². The van der Waals surface area contributed by atoms with Crippen molar-refractivity contribution in [1.82, 2.24) is 24.9 Å². The second-order valence-corrected chi connectivity index (χ2v) is 6.16. The molecule has 25 heavy (non-hydrogen) atoms. The maximum Gasteiger partial charge on any atom is 0.286 e. The second kappa shape index (κ2) is 7.57. The van der Waals surface area contributed by atoms with Crippen molar-refractivity contribution in [3.05, 3.63) is 58.5 Å². The molecular weight excluding hydrogens is 342 g/mol. The van der Waals surface area contributed by atoms with E-state index < -0.39 is 0 Å². The molecule has 0 aliphatic carbocycles. The first-order chi connectivity index (χ1) is 12.0. The highest BCUT2D eigenvalue weighted by molar-refractivity contribution is 6.31. The number of aryl methyl sites for hydroxylation is 2. The Morgan fingerprint density at radius 3 is 2.88 bits per heavy atom. The molecule has 0 aliphatic heterocycles. The van der Waals surface area contributed by atoms with Crippen molar-refractivity contribution in [2.45, 2.75) is 33.4 Å². The number of rotatable bonds is 7. The van der Waals surface area contributed by atoms with E-state index >= 15 is 0 Å². The van der Waals surface area contributed by atoms with Gasteiger partial charge in [-0.15, -0.1) is 0 Å². The van der Waals surface area contributed by atoms with Crippen molar-refractivity contribution in [3.63, 3.8) is 0 Å². The molecule has 0 saturated heterocycles. The zero-order valence-corrected chi connectivity index (χ0v) is 15.0. The average Bonchev–Trinajstić information content (AvgIpc) is 3.32. The van der Waals surface area contributed by atoms with E-state index in [1.807, 2.05) is 30.8 Å². The fourth-order valence-electron chi connectivity index (χ4n) is 2.55. The van der Waals surface area contributed by atoms with Crippen molar-refractivity contribution in [3.8, 4) is 0 Å². The van der Waals surface area contributed by atoms with E-state index in [4.69, 9.17) is 16.0 Å². The zero-order valence-electron chi connectivity index (χ0n) is 14.2. The van der Waals surface area contributed by atoms with Gasteiger partial charge < -0.3 is 9.73 Å². The van der Waals surface area contributed by atoms with Crippen molar-refractivity contribution >= 4 is 17.5 Å². The molecule has 0 atom stereocenters. The molecule has 0 spiro atoms. The molecule has 1 N–H and O–H groups in total. The van der Waals surface area contributed by atoms with Crippen LogP contribution in [0.2, 0.25) is 5.02 Å². The predicted octanol–water partition coefficient (Wildman–Crippen LogP) is 2.81. The molecular formula is C17H20ClN5O2. The maximum absolute atomic E-state index is 12.1. The van der Waals surface area contributed by atoms with Crippen molar-refractivity contribution in [2.75, 3.05) is 6.54 Å². The molecule has 0 aromatic carbocycles. The molecule has 3 aromatic rings. The summed E-state index contributed by atoms with van der Waals surface area (Å²) in [5, 5.41) is 12.0. The highest BCUT2D eigenvalue weighted by Crippen LogP contribution is 2.18. The lowest BCUT2D eigenvalue weighted by Gasteiger charge is -2.05. The van der Waals surface area contributed by atoms with E-state index in [9.17, 15) is 4.79 Å². The number of aromatic nitrogens is 4. The predicted molar refractivity (Wildman–Crippen MR) is 93.7 cm³/mol. The number of hydrogen-bond acceptors (Lipinski definition) is 4. The van der Waals surface area contributed by atoms with E-state index in [1.54, 1.807) is 23.0 Å². The summed E-state index contributed by atoms with van der Waals surface area (Å²) in [5.41, 5.74) is 1.77. The average molecular weight is 362 g/mol. The molecule has 0 saturated carbocycles. The maximum atomic E-state index is 12.1. The minimum Gasteiger partial charge on any atom is -0.454 e. The van der Waals surface area contributed by atoms with Crippen LogP contribution in [-0.2, 0) is 13.1 Å². The fourth-order valence-corrected chi connectivity index (χ4v) is 2.68. The first-order valence-electron chi connectivity index (χ1n) is 8.08. The Morgan fingerprint density at radius 1 is 1.36 bits per heavy atom. The lowest BCUT2D eigenvalue weighted by molar-refractivity contribution is 0.0923. The Kier molecular flexibility index (Phi) is 5.23. The summed E-state index contributed by atoms with van der Waals surface area (Å²) < 4.78 is 9.16. The topological polar surface area (TPSA) is 77.9 Å². The molecule has 3 aromatic heterocycles. The van der Waals surface area contributed by atoms with Gasteiger partial charge in [0, 0.05) is 25.5 Å². The minimum atomic E-state index is -0.224. The molecule has 1 amide bonds. The Morgan fingerprint density at radius 2 is 2.20 bits per heavy atom. The van der Waals surface area contributed by atoms with Crippen LogP contribution in [0.5, 0.6) is 0 Å². The Balaban J connectivity index is 1.46. The smallest absolute Gasteiger partial charge is 0.286 e. The van der Waals surface area contributed by atoms with Crippen LogP contribution >= 0.6 is 11.6 Å². The van der Waals surface area contributed by atoms with Crippen molar-refractivity contribution in [1.29, 1.82) is 0 Å². The van der Waals surface area contributed by atoms with Gasteiger partial charge in [0.1, 0.15) is 5.76 Å². The normalized spacial score (nSPS) is 11.0. The number of carbonyl (C=O) groups excluding carboxylic acids is 1. The number of carbonyl (C=O) groups is 1. The quantitative estimate of drug-likeness (QED) is 0.656. The van der Waals surface area contributed by atoms with Gasteiger partial charge in [-0.25, -0.2) is 0 Å². The van der Waals surface area contributed by atoms with E-state index in [0.29, 0.717) is 36.2 Å². The van der Waals surface area contributed by atoms with Gasteiger partial charge in [0.05, 0.1) is 23.0 Å². The minimum absolute atomic E-state index is 0.224. The lowest BCUT2D eigenvalue weighted by atomic mass is 10.3. The Bertz CT molecular complexity index is 851. The highest BCUT2D eigenvalue weighted by Gasteiger charge is 2.12. The largest absolute Gasteiger partial charge is 0.454 e. The number of halogens is 1. The standard InChI is InChI=1S/C17H20ClN5O2/c1-12-16(18)13(2)23(21-12)10-3-7-19-17(24)15-6-5-14(25-15)11-22-9-4-8-20-22/h4-6,8-9H,3,7,10-11H2,1-2H3,(H,19,24). The number of nitrogens with one attached hydrogen (secondary N) is 1. The summed E-state index contributed by atoms with van der Waals surface area (Å²) >= 11 is 6.12. The first kappa shape index (κ1) is 17.3. The first-order valence-corrected chi connectivity index (χ1v) is 8.46. The summed E-state index contributed by atoms with van der Waals surface area (Å²) in [6.07, 6.45) is 4.30. The third-order valence-corrected chi connectivity index (χ3v) is 4.43. The van der Waals surface area contributed by atoms with Gasteiger partial charge in [-0.05, 0) is 38.5 Å². The number of nitrogens with zero attached hydrogens (tertiary/aromatic N) is 4. The summed E-state index contributed by atoms with van der Waals surface area (Å²) in [7, 11) is 0. The van der Waals surface area contributed by atoms with Crippen LogP contribution in [0.4, 0.5) is 0 Å². The summed E-state index contributed by atoms with van der Waals surface area (Å²) in [6.45, 7) is 5.54. The van der Waals surface area contributed by atoms with Gasteiger partial charge in [-0.2, -0.15) is 10.2 Å². The van der Waals surface area contributed by atoms with Crippen molar-refractivity contribution < 1.29 is 9.21 Å². The lowest BCUT2D eigenvalue weighted by Crippen LogP contribution is -2.25. The molecule has 3 rings (SSSR count). The SMILES string of the molecule is Cc1nn(CCCNC(=O)c2ccc(Cn3cccn3)o2)c(C)c1Cl. The van der Waals surface area contributed by atoms with E-state index in [-0.39, 0.29) is 5.91 Å². The fraction of sp³-hybridized carbons (Fsp3) is 0.353. The summed E-state index contributed by atoms with van der Waals surface area (Å²) in [6, 6.07) is 5.30. The summed E-state index contributed by atoms with van der Waals surface area (Å²) in [5.74, 6) is 0.764. The number of hydrogen-bond donors (Lipinski definition) is 1. The van der Waals surface area contributed by atoms with E-state index in [1.165, 1.54) is 0 Å². The van der Waals surface area contributed by atoms with Gasteiger partial charge in [0.15, 0.2) is 5.76 Å². The van der Waals surface area contributed by atoms with Crippen molar-refractivity contribution in [2.24, 2.45) is 0 Å². The van der Waals surface area contributed by atoms with E-state index in [0.717, 1.165) is 17.8 Å². The van der Waals surface area contributed by atoms with Gasteiger partial charge >= 0.3 is 0 Å². The van der Waals surface area contributed by atoms with E-state index in [2.05, 4.69) is 15.5 Å². The van der Waals surface area contributed by atoms with Crippen LogP contribution in [0.1, 0.15) is 34.1 Å². The number of amides is 1. The van der Waals surface area contributed by atoms with Crippen LogP contribution in [0.3, 0.4) is 0 Å². The Hall–Kier alpha value is -2.54. The molecule has 0 aliphatic rings. The number of furan rings is 1. The molecule has 3 heterocycles. The van der Waals surface area contributed by atoms with Crippen LogP contribution in [0.15, 0.2) is 35.0 Å². The molecule has 0 bridgehead atoms. The van der Waals surface area contributed by atoms with Crippen LogP contribution in [-0.4, -0.2) is 32.0 Å². The molecule has 0 fully saturated rings. The molecule has 132 valence electrons. The van der Waals surface area contributed by atoms with Crippen LogP contribution in [0, 0.1) is 13.8 Å². The molecule has 7 nitrogen and oxygen atoms in total. The van der Waals surface area contributed by atoms with Gasteiger partial charge in [-0.3, -0.25) is 14.2 Å². The highest BCUT2D eigenvalue weighted by atomic mass is 35.5. The monoisotopic (exact) mass is 361 g/mol. The third kappa shape index (κ3) is 4.11. The zero-order chi connectivity index (χ0) is 17.8. The third-order valence-electron chi connectivity index (χ3n) is 3.89. The summed E-state index contributed by atoms with van der Waals surface area (Å²) in [4.78, 5) is 12.1. The Labute approximate surface area is 150 Å². The second-order valence-electron chi connectivity index (χ2n) is 5.79. The molecule has 0 radical (unpaired) electrons. The van der Waals surface area contributed by atoms with Gasteiger partial charge in [-0.1, -0.05) is 11.6 Å².